The molecular formula is C33H45N9O7S2. The molecule has 1 aliphatic rings. The predicted molar refractivity (Wildman–Crippen MR) is 196 cm³/mol. The van der Waals surface area contributed by atoms with Crippen LogP contribution in [0, 0.1) is 0 Å². The molecule has 0 aromatic heterocycles. The first-order chi connectivity index (χ1) is 24.3. The summed E-state index contributed by atoms with van der Waals surface area (Å²) in [5.74, 6) is -5.10. The number of nitrogens with one attached hydrogen (secondary N) is 5. The van der Waals surface area contributed by atoms with E-state index in [1.54, 1.807) is 60.7 Å². The number of aliphatic carboxylic acids is 1. The molecule has 51 heavy (non-hydrogen) atoms. The number of hydrogen-bond donors (Lipinski definition) is 9. The van der Waals surface area contributed by atoms with E-state index in [9.17, 15) is 33.9 Å². The van der Waals surface area contributed by atoms with Crippen molar-refractivity contribution in [2.45, 2.75) is 68.9 Å². The molecule has 2 aromatic rings. The third-order valence-electron chi connectivity index (χ3n) is 7.62. The minimum atomic E-state index is -1.36. The smallest absolute Gasteiger partial charge is 0.327 e. The highest BCUT2D eigenvalue weighted by Crippen LogP contribution is 2.23. The molecule has 3 rings (SSSR count). The van der Waals surface area contributed by atoms with Crippen molar-refractivity contribution in [3.63, 3.8) is 0 Å². The molecule has 6 atom stereocenters. The summed E-state index contributed by atoms with van der Waals surface area (Å²) < 4.78 is 0. The molecule has 0 unspecified atom stereocenters. The Kier molecular flexibility index (Phi) is 16.5. The fourth-order valence-corrected chi connectivity index (χ4v) is 7.19. The van der Waals surface area contributed by atoms with Crippen molar-refractivity contribution in [1.82, 2.24) is 26.6 Å². The first kappa shape index (κ1) is 40.6. The monoisotopic (exact) mass is 743 g/mol. The van der Waals surface area contributed by atoms with Gasteiger partial charge < -0.3 is 48.9 Å². The SMILES string of the molecule is C[C@H](N)C(=O)N[C@H]1CSSC[C@@H](C(=O)O)NC(=O)[C@H](Cc2ccccc2)NC(=O)[C@H](Cc2ccccc2)NC(=O)[C@H](CCCN=C(N)N)NC1=O. The molecule has 1 heterocycles. The lowest BCUT2D eigenvalue weighted by molar-refractivity contribution is -0.141. The van der Waals surface area contributed by atoms with E-state index in [1.165, 1.54) is 6.92 Å². The Bertz CT molecular complexity index is 1530. The number of nitrogens with two attached hydrogens (primary N) is 3. The quantitative estimate of drug-likeness (QED) is 0.0567. The van der Waals surface area contributed by atoms with Crippen LogP contribution in [0.1, 0.15) is 30.9 Å². The van der Waals surface area contributed by atoms with Gasteiger partial charge in [0.2, 0.25) is 29.5 Å². The van der Waals surface area contributed by atoms with Crippen LogP contribution in [0.2, 0.25) is 0 Å². The molecular weight excluding hydrogens is 699 g/mol. The Balaban J connectivity index is 2.03. The van der Waals surface area contributed by atoms with E-state index < -0.39 is 71.8 Å². The van der Waals surface area contributed by atoms with Gasteiger partial charge in [0.1, 0.15) is 30.2 Å². The second kappa shape index (κ2) is 20.8. The van der Waals surface area contributed by atoms with Crippen LogP contribution in [0.25, 0.3) is 0 Å². The van der Waals surface area contributed by atoms with Crippen LogP contribution >= 0.6 is 21.6 Å². The molecule has 0 radical (unpaired) electrons. The highest BCUT2D eigenvalue weighted by molar-refractivity contribution is 8.76. The molecule has 2 aromatic carbocycles. The summed E-state index contributed by atoms with van der Waals surface area (Å²) >= 11 is 0. The lowest BCUT2D eigenvalue weighted by Gasteiger charge is -2.27. The lowest BCUT2D eigenvalue weighted by Crippen LogP contribution is -2.60. The van der Waals surface area contributed by atoms with Gasteiger partial charge in [0.05, 0.1) is 6.04 Å². The molecule has 0 spiro atoms. The van der Waals surface area contributed by atoms with E-state index in [0.29, 0.717) is 11.1 Å². The molecule has 1 aliphatic heterocycles. The van der Waals surface area contributed by atoms with Crippen LogP contribution < -0.4 is 43.8 Å². The minimum absolute atomic E-state index is 0.0187. The first-order valence-corrected chi connectivity index (χ1v) is 18.7. The average Bonchev–Trinajstić information content (AvgIpc) is 3.09. The second-order valence-corrected chi connectivity index (χ2v) is 14.4. The normalized spacial score (nSPS) is 22.9. The molecule has 18 heteroatoms. The number of benzene rings is 2. The third kappa shape index (κ3) is 14.1. The highest BCUT2D eigenvalue weighted by Gasteiger charge is 2.33. The van der Waals surface area contributed by atoms with E-state index in [-0.39, 0.29) is 49.7 Å². The Morgan fingerprint density at radius 1 is 0.804 bits per heavy atom. The minimum Gasteiger partial charge on any atom is -0.480 e. The number of guanidine groups is 1. The van der Waals surface area contributed by atoms with E-state index in [2.05, 4.69) is 31.6 Å². The maximum Gasteiger partial charge on any atom is 0.327 e. The molecule has 0 bridgehead atoms. The summed E-state index contributed by atoms with van der Waals surface area (Å²) in [6, 6.07) is 10.6. The third-order valence-corrected chi connectivity index (χ3v) is 10.0. The van der Waals surface area contributed by atoms with E-state index in [0.717, 1.165) is 21.6 Å². The van der Waals surface area contributed by atoms with Crippen LogP contribution in [0.4, 0.5) is 0 Å². The van der Waals surface area contributed by atoms with Crippen LogP contribution in [0.3, 0.4) is 0 Å². The van der Waals surface area contributed by atoms with Crippen LogP contribution in [0.5, 0.6) is 0 Å². The van der Waals surface area contributed by atoms with Gasteiger partial charge in [0, 0.05) is 30.9 Å². The van der Waals surface area contributed by atoms with Gasteiger partial charge in [-0.15, -0.1) is 0 Å². The molecule has 16 nitrogen and oxygen atoms in total. The molecule has 276 valence electrons. The number of carboxylic acid groups (broad SMARTS) is 1. The average molecular weight is 744 g/mol. The number of nitrogens with zero attached hydrogens (tertiary/aromatic N) is 1. The molecule has 12 N–H and O–H groups in total. The van der Waals surface area contributed by atoms with Crippen molar-refractivity contribution < 1.29 is 33.9 Å². The van der Waals surface area contributed by atoms with Gasteiger partial charge in [-0.3, -0.25) is 29.0 Å². The van der Waals surface area contributed by atoms with Gasteiger partial charge in [-0.1, -0.05) is 82.3 Å². The Morgan fingerprint density at radius 3 is 1.80 bits per heavy atom. The Morgan fingerprint density at radius 2 is 1.29 bits per heavy atom. The van der Waals surface area contributed by atoms with Crippen LogP contribution in [0.15, 0.2) is 65.7 Å². The maximum atomic E-state index is 14.0. The number of aliphatic imine (C=N–C) groups is 1. The predicted octanol–water partition coefficient (Wildman–Crippen LogP) is -1.22. The van der Waals surface area contributed by atoms with Gasteiger partial charge in [-0.2, -0.15) is 0 Å². The number of carboxylic acids is 1. The number of hydrogen-bond acceptors (Lipinski definition) is 10. The van der Waals surface area contributed by atoms with Crippen molar-refractivity contribution >= 4 is 63.1 Å². The molecule has 1 fully saturated rings. The standard InChI is InChI=1S/C33H45N9O7S2/c1-19(34)27(43)41-25-17-50-51-18-26(32(48)49)42-30(46)24(16-21-11-6-3-7-12-21)40-29(45)23(15-20-9-4-2-5-10-20)39-28(44)22(38-31(25)47)13-8-14-37-33(35)36/h2-7,9-12,19,22-26H,8,13-18,34H2,1H3,(H,38,47)(H,39,44)(H,40,45)(H,41,43)(H,42,46)(H,48,49)(H4,35,36,37)/t19-,22-,23-,24-,25-,26-/m0/s1. The number of rotatable bonds is 11. The van der Waals surface area contributed by atoms with Gasteiger partial charge >= 0.3 is 5.97 Å². The van der Waals surface area contributed by atoms with Crippen molar-refractivity contribution in [2.75, 3.05) is 18.1 Å². The van der Waals surface area contributed by atoms with Gasteiger partial charge in [-0.05, 0) is 30.9 Å². The molecule has 0 aliphatic carbocycles. The van der Waals surface area contributed by atoms with E-state index >= 15 is 0 Å². The summed E-state index contributed by atoms with van der Waals surface area (Å²) in [5.41, 5.74) is 18.0. The maximum absolute atomic E-state index is 14.0. The lowest BCUT2D eigenvalue weighted by atomic mass is 10.0. The summed E-state index contributed by atoms with van der Waals surface area (Å²) in [6.45, 7) is 1.59. The van der Waals surface area contributed by atoms with E-state index in [4.69, 9.17) is 17.2 Å². The van der Waals surface area contributed by atoms with Crippen molar-refractivity contribution in [3.8, 4) is 0 Å². The Hall–Kier alpha value is -4.81. The second-order valence-electron chi connectivity index (χ2n) is 11.8. The van der Waals surface area contributed by atoms with Crippen LogP contribution in [-0.4, -0.2) is 101 Å². The zero-order valence-electron chi connectivity index (χ0n) is 28.1. The number of carbonyl (C=O) groups excluding carboxylic acids is 5. The summed E-state index contributed by atoms with van der Waals surface area (Å²) in [6.07, 6.45) is 0.375. The summed E-state index contributed by atoms with van der Waals surface area (Å²) in [4.78, 5) is 83.9. The van der Waals surface area contributed by atoms with Crippen molar-refractivity contribution in [3.05, 3.63) is 71.8 Å². The van der Waals surface area contributed by atoms with Crippen molar-refractivity contribution in [1.29, 1.82) is 0 Å². The van der Waals surface area contributed by atoms with Gasteiger partial charge in [0.25, 0.3) is 0 Å². The highest BCUT2D eigenvalue weighted by atomic mass is 33.1. The first-order valence-electron chi connectivity index (χ1n) is 16.2. The molecule has 5 amide bonds. The number of carbonyl (C=O) groups is 6. The Labute approximate surface area is 303 Å². The fraction of sp³-hybridized carbons (Fsp3) is 0.424. The molecule has 0 saturated carbocycles. The fourth-order valence-electron chi connectivity index (χ4n) is 4.87. The molecule has 1 saturated heterocycles. The number of amides is 5. The summed E-state index contributed by atoms with van der Waals surface area (Å²) in [7, 11) is 2.14. The largest absolute Gasteiger partial charge is 0.480 e. The van der Waals surface area contributed by atoms with Crippen molar-refractivity contribution in [2.24, 2.45) is 22.2 Å². The van der Waals surface area contributed by atoms with Gasteiger partial charge in [-0.25, -0.2) is 4.79 Å². The van der Waals surface area contributed by atoms with Crippen LogP contribution in [-0.2, 0) is 41.6 Å². The van der Waals surface area contributed by atoms with Gasteiger partial charge in [0.15, 0.2) is 5.96 Å². The topological polar surface area (TPSA) is 273 Å². The zero-order valence-corrected chi connectivity index (χ0v) is 29.7. The van der Waals surface area contributed by atoms with E-state index in [1.807, 2.05) is 0 Å². The summed E-state index contributed by atoms with van der Waals surface area (Å²) in [5, 5.41) is 23.2. The zero-order chi connectivity index (χ0) is 37.3.